The summed E-state index contributed by atoms with van der Waals surface area (Å²) in [5.41, 5.74) is 6.72. The molecule has 32 heavy (non-hydrogen) atoms. The molecule has 182 valence electrons. The first kappa shape index (κ1) is 26.7. The highest BCUT2D eigenvalue weighted by Gasteiger charge is 2.36. The highest BCUT2D eigenvalue weighted by molar-refractivity contribution is 7.53. The molecule has 0 aliphatic heterocycles. The van der Waals surface area contributed by atoms with E-state index in [9.17, 15) is 4.57 Å². The molecule has 2 heterocycles. The molecule has 0 saturated carbocycles. The van der Waals surface area contributed by atoms with Gasteiger partial charge in [0, 0.05) is 5.92 Å². The van der Waals surface area contributed by atoms with Crippen LogP contribution in [0.4, 0.5) is 5.82 Å². The Kier molecular flexibility index (Phi) is 9.65. The van der Waals surface area contributed by atoms with E-state index in [0.717, 1.165) is 0 Å². The van der Waals surface area contributed by atoms with Crippen LogP contribution in [0.15, 0.2) is 12.7 Å². The van der Waals surface area contributed by atoms with Gasteiger partial charge in [-0.25, -0.2) is 15.0 Å². The number of nitrogens with zero attached hydrogens (tertiary/aromatic N) is 4. The molecule has 2 rings (SSSR count). The van der Waals surface area contributed by atoms with E-state index >= 15 is 0 Å². The van der Waals surface area contributed by atoms with E-state index in [1.165, 1.54) is 17.4 Å². The van der Waals surface area contributed by atoms with Crippen molar-refractivity contribution in [2.75, 3.05) is 31.7 Å². The summed E-state index contributed by atoms with van der Waals surface area (Å²) in [4.78, 5) is 18.5. The van der Waals surface area contributed by atoms with E-state index in [-0.39, 0.29) is 23.6 Å². The second-order valence-corrected chi connectivity index (χ2v) is 13.5. The van der Waals surface area contributed by atoms with Crippen molar-refractivity contribution in [2.24, 2.45) is 11.3 Å². The Morgan fingerprint density at radius 3 is 2.38 bits per heavy atom. The first-order valence-electron chi connectivity index (χ1n) is 11.1. The summed E-state index contributed by atoms with van der Waals surface area (Å²) < 4.78 is 32.1. The van der Waals surface area contributed by atoms with Crippen LogP contribution in [0.3, 0.4) is 0 Å². The third-order valence-corrected chi connectivity index (χ3v) is 7.83. The average Bonchev–Trinajstić information content (AvgIpc) is 3.11. The highest BCUT2D eigenvalue weighted by Crippen LogP contribution is 2.49. The summed E-state index contributed by atoms with van der Waals surface area (Å²) in [5, 5.41) is 0. The molecule has 2 aromatic heterocycles. The fourth-order valence-corrected chi connectivity index (χ4v) is 6.61. The zero-order valence-electron chi connectivity index (χ0n) is 20.3. The zero-order valence-corrected chi connectivity index (χ0v) is 22.3. The van der Waals surface area contributed by atoms with Crippen LogP contribution in [0.1, 0.15) is 41.0 Å². The number of anilines is 1. The quantitative estimate of drug-likeness (QED) is 0.334. The fourth-order valence-electron chi connectivity index (χ4n) is 3.62. The third kappa shape index (κ3) is 7.24. The molecule has 0 aromatic carbocycles. The average molecular weight is 488 g/mol. The molecule has 2 aromatic rings. The van der Waals surface area contributed by atoms with E-state index in [1.54, 1.807) is 0 Å². The van der Waals surface area contributed by atoms with Gasteiger partial charge in [-0.3, -0.25) is 4.57 Å². The first-order chi connectivity index (χ1) is 15.0. The van der Waals surface area contributed by atoms with Crippen molar-refractivity contribution in [1.29, 1.82) is 0 Å². The molecule has 0 bridgehead atoms. The van der Waals surface area contributed by atoms with Gasteiger partial charge < -0.3 is 24.0 Å². The molecule has 0 amide bonds. The lowest BCUT2D eigenvalue weighted by Gasteiger charge is -2.38. The number of nitrogens with two attached hydrogens (primary N) is 1. The molecule has 10 nitrogen and oxygen atoms in total. The lowest BCUT2D eigenvalue weighted by atomic mass is 9.80. The van der Waals surface area contributed by atoms with Gasteiger partial charge in [-0.2, -0.15) is 4.73 Å². The van der Waals surface area contributed by atoms with Gasteiger partial charge in [0.2, 0.25) is 5.65 Å². The number of rotatable bonds is 13. The topological polar surface area (TPSA) is 124 Å². The minimum atomic E-state index is -3.18. The molecule has 12 heteroatoms. The van der Waals surface area contributed by atoms with Crippen molar-refractivity contribution in [2.45, 2.75) is 60.2 Å². The molecule has 2 N–H and O–H groups in total. The van der Waals surface area contributed by atoms with Crippen LogP contribution in [-0.2, 0) is 18.0 Å². The van der Waals surface area contributed by atoms with Crippen molar-refractivity contribution < 1.29 is 22.9 Å². The summed E-state index contributed by atoms with van der Waals surface area (Å²) in [6, 6.07) is 0. The van der Waals surface area contributed by atoms with Crippen molar-refractivity contribution >= 4 is 33.6 Å². The van der Waals surface area contributed by atoms with Crippen LogP contribution in [0.5, 0.6) is 0 Å². The molecule has 2 atom stereocenters. The molecule has 0 spiro atoms. The maximum Gasteiger partial charge on any atom is 0.330 e. The molecular formula is C20H38N5O5PSi. The third-order valence-electron chi connectivity index (χ3n) is 4.89. The van der Waals surface area contributed by atoms with Gasteiger partial charge >= 0.3 is 7.60 Å². The number of hydrogen-bond donors (Lipinski definition) is 1. The van der Waals surface area contributed by atoms with Gasteiger partial charge in [0.25, 0.3) is 0 Å². The zero-order chi connectivity index (χ0) is 23.9. The Labute approximate surface area is 192 Å². The molecule has 0 aliphatic carbocycles. The standard InChI is InChI=1S/C20H38N5O5PSi/c1-8-28-31(26,29-9-2)11-10-15(17(20(3,4)5)30-32(6)7)12-27-25-14-24-16-18(21)22-13-23-19(16)25/h13-15,17,32H,8-12H2,1-7H3,(H2,21,22,23). The van der Waals surface area contributed by atoms with E-state index in [4.69, 9.17) is 24.0 Å². The molecule has 0 fully saturated rings. The molecule has 0 radical (unpaired) electrons. The minimum absolute atomic E-state index is 0.0595. The summed E-state index contributed by atoms with van der Waals surface area (Å²) in [6.07, 6.45) is 3.66. The van der Waals surface area contributed by atoms with Crippen LogP contribution in [0.2, 0.25) is 13.1 Å². The van der Waals surface area contributed by atoms with E-state index in [0.29, 0.717) is 43.2 Å². The van der Waals surface area contributed by atoms with Crippen molar-refractivity contribution in [3.63, 3.8) is 0 Å². The Balaban J connectivity index is 2.27. The van der Waals surface area contributed by atoms with Crippen LogP contribution in [0, 0.1) is 11.3 Å². The summed E-state index contributed by atoms with van der Waals surface area (Å²) >= 11 is 0. The lowest BCUT2D eigenvalue weighted by Crippen LogP contribution is -2.43. The Hall–Kier alpha value is -1.52. The van der Waals surface area contributed by atoms with Crippen molar-refractivity contribution in [3.8, 4) is 0 Å². The van der Waals surface area contributed by atoms with Crippen molar-refractivity contribution in [1.82, 2.24) is 19.7 Å². The van der Waals surface area contributed by atoms with Gasteiger partial charge in [0.1, 0.15) is 19.3 Å². The maximum atomic E-state index is 13.1. The largest absolute Gasteiger partial charge is 0.417 e. The predicted octanol–water partition coefficient (Wildman–Crippen LogP) is 3.52. The van der Waals surface area contributed by atoms with Crippen LogP contribution < -0.4 is 10.6 Å². The number of nitrogen functional groups attached to an aromatic ring is 1. The monoisotopic (exact) mass is 487 g/mol. The second kappa shape index (κ2) is 11.6. The minimum Gasteiger partial charge on any atom is -0.417 e. The van der Waals surface area contributed by atoms with Crippen LogP contribution >= 0.6 is 7.60 Å². The Morgan fingerprint density at radius 2 is 1.81 bits per heavy atom. The van der Waals surface area contributed by atoms with Gasteiger partial charge in [0.05, 0.1) is 25.5 Å². The molecule has 0 saturated heterocycles. The normalized spacial score (nSPS) is 14.8. The lowest BCUT2D eigenvalue weighted by molar-refractivity contribution is -0.0170. The summed E-state index contributed by atoms with van der Waals surface area (Å²) in [5.74, 6) is 0.237. The first-order valence-corrected chi connectivity index (χ1v) is 15.6. The van der Waals surface area contributed by atoms with Gasteiger partial charge in [-0.05, 0) is 38.8 Å². The molecular weight excluding hydrogens is 449 g/mol. The van der Waals surface area contributed by atoms with Crippen molar-refractivity contribution in [3.05, 3.63) is 12.7 Å². The van der Waals surface area contributed by atoms with Crippen LogP contribution in [0.25, 0.3) is 11.2 Å². The predicted molar refractivity (Wildman–Crippen MR) is 128 cm³/mol. The van der Waals surface area contributed by atoms with E-state index in [2.05, 4.69) is 48.8 Å². The number of fused-ring (bicyclic) bond motifs is 1. The van der Waals surface area contributed by atoms with E-state index < -0.39 is 16.6 Å². The molecule has 0 aliphatic rings. The second-order valence-electron chi connectivity index (χ2n) is 8.99. The Morgan fingerprint density at radius 1 is 1.16 bits per heavy atom. The number of imidazole rings is 1. The molecule has 2 unspecified atom stereocenters. The smallest absolute Gasteiger partial charge is 0.330 e. The summed E-state index contributed by atoms with van der Waals surface area (Å²) in [6.45, 7) is 15.3. The van der Waals surface area contributed by atoms with Crippen LogP contribution in [-0.4, -0.2) is 60.8 Å². The van der Waals surface area contributed by atoms with Gasteiger partial charge in [-0.1, -0.05) is 20.8 Å². The highest BCUT2D eigenvalue weighted by atomic mass is 31.2. The van der Waals surface area contributed by atoms with E-state index in [1.807, 2.05) is 13.8 Å². The summed E-state index contributed by atoms with van der Waals surface area (Å²) in [7, 11) is -4.54. The number of aromatic nitrogens is 4. The Bertz CT molecular complexity index is 894. The number of hydrogen-bond acceptors (Lipinski definition) is 9. The fraction of sp³-hybridized carbons (Fsp3) is 0.750. The SMILES string of the molecule is CCOP(=O)(CCC(COn1cnc2c(N)ncnc21)C(O[SiH](C)C)C(C)(C)C)OCC. The van der Waals surface area contributed by atoms with Gasteiger partial charge in [0.15, 0.2) is 20.4 Å². The maximum absolute atomic E-state index is 13.1. The van der Waals surface area contributed by atoms with Gasteiger partial charge in [-0.15, -0.1) is 0 Å².